The van der Waals surface area contributed by atoms with Crippen LogP contribution < -0.4 is 4.90 Å². The van der Waals surface area contributed by atoms with Crippen LogP contribution in [0.25, 0.3) is 17.1 Å². The second kappa shape index (κ2) is 8.73. The molecule has 0 amide bonds. The third-order valence-electron chi connectivity index (χ3n) is 5.01. The number of rotatable bonds is 6. The summed E-state index contributed by atoms with van der Waals surface area (Å²) in [5.74, 6) is 0.192. The molecule has 0 saturated carbocycles. The lowest BCUT2D eigenvalue weighted by molar-refractivity contribution is -0.917. The number of nitrogens with one attached hydrogen (secondary N) is 1. The van der Waals surface area contributed by atoms with Crippen molar-refractivity contribution in [1.82, 2.24) is 14.3 Å². The Balaban J connectivity index is 1.75. The summed E-state index contributed by atoms with van der Waals surface area (Å²) in [6, 6.07) is 25.0. The van der Waals surface area contributed by atoms with Crippen LogP contribution in [0, 0.1) is 17.5 Å². The first-order valence-corrected chi connectivity index (χ1v) is 10.3. The Morgan fingerprint density at radius 2 is 1.60 bits per heavy atom. The molecular formula is C24H24FN4S+. The first-order valence-electron chi connectivity index (χ1n) is 9.90. The number of aryl methyl sites for hydroxylation is 1. The van der Waals surface area contributed by atoms with E-state index in [0.29, 0.717) is 22.8 Å². The third kappa shape index (κ3) is 4.25. The number of halogens is 1. The van der Waals surface area contributed by atoms with Crippen LogP contribution in [0.4, 0.5) is 4.39 Å². The van der Waals surface area contributed by atoms with Crippen LogP contribution >= 0.6 is 12.2 Å². The smallest absolute Gasteiger partial charge is 0.207 e. The largest absolute Gasteiger partial charge is 0.315 e. The minimum Gasteiger partial charge on any atom is -0.315 e. The number of hydrogen-bond donors (Lipinski definition) is 1. The lowest BCUT2D eigenvalue weighted by Gasteiger charge is -2.13. The summed E-state index contributed by atoms with van der Waals surface area (Å²) in [6.07, 6.45) is 0. The van der Waals surface area contributed by atoms with Gasteiger partial charge in [-0.3, -0.25) is 4.57 Å². The van der Waals surface area contributed by atoms with Gasteiger partial charge < -0.3 is 4.90 Å². The van der Waals surface area contributed by atoms with E-state index in [2.05, 4.69) is 19.2 Å². The van der Waals surface area contributed by atoms with Crippen molar-refractivity contribution in [3.63, 3.8) is 0 Å². The summed E-state index contributed by atoms with van der Waals surface area (Å²) in [7, 11) is 2.10. The van der Waals surface area contributed by atoms with Crippen LogP contribution in [-0.2, 0) is 13.2 Å². The SMILES string of the molecule is Cc1ccc(-n2c(-c3ccccc3F)nn(C[NH+](C)Cc3ccccc3)c2=S)cc1. The zero-order valence-corrected chi connectivity index (χ0v) is 17.9. The number of quaternary nitrogens is 1. The van der Waals surface area contributed by atoms with Crippen molar-refractivity contribution in [3.05, 3.63) is 101 Å². The highest BCUT2D eigenvalue weighted by Crippen LogP contribution is 2.25. The zero-order chi connectivity index (χ0) is 21.1. The predicted octanol–water partition coefficient (Wildman–Crippen LogP) is 4.19. The lowest BCUT2D eigenvalue weighted by Crippen LogP contribution is -3.07. The maximum absolute atomic E-state index is 14.6. The van der Waals surface area contributed by atoms with Gasteiger partial charge >= 0.3 is 0 Å². The van der Waals surface area contributed by atoms with E-state index in [1.807, 2.05) is 60.0 Å². The van der Waals surface area contributed by atoms with Gasteiger partial charge in [-0.2, -0.15) is 4.68 Å². The molecule has 30 heavy (non-hydrogen) atoms. The Labute approximate surface area is 180 Å². The van der Waals surface area contributed by atoms with Gasteiger partial charge in [0.25, 0.3) is 0 Å². The Morgan fingerprint density at radius 1 is 0.933 bits per heavy atom. The average molecular weight is 420 g/mol. The van der Waals surface area contributed by atoms with Crippen LogP contribution in [0.3, 0.4) is 0 Å². The monoisotopic (exact) mass is 419 g/mol. The second-order valence-electron chi connectivity index (χ2n) is 7.53. The highest BCUT2D eigenvalue weighted by molar-refractivity contribution is 7.71. The van der Waals surface area contributed by atoms with Crippen LogP contribution in [-0.4, -0.2) is 21.4 Å². The van der Waals surface area contributed by atoms with Gasteiger partial charge in [-0.1, -0.05) is 60.2 Å². The molecule has 0 aliphatic rings. The number of nitrogens with zero attached hydrogens (tertiary/aromatic N) is 3. The van der Waals surface area contributed by atoms with E-state index in [-0.39, 0.29) is 5.82 Å². The minimum absolute atomic E-state index is 0.317. The highest BCUT2D eigenvalue weighted by atomic mass is 32.1. The maximum atomic E-state index is 14.6. The van der Waals surface area contributed by atoms with Crippen LogP contribution in [0.15, 0.2) is 78.9 Å². The molecule has 4 nitrogen and oxygen atoms in total. The maximum Gasteiger partial charge on any atom is 0.207 e. The van der Waals surface area contributed by atoms with Crippen molar-refractivity contribution < 1.29 is 9.29 Å². The molecule has 0 fully saturated rings. The van der Waals surface area contributed by atoms with Gasteiger partial charge in [0, 0.05) is 11.3 Å². The second-order valence-corrected chi connectivity index (χ2v) is 7.90. The molecule has 4 aromatic rings. The van der Waals surface area contributed by atoms with Crippen LogP contribution in [0.1, 0.15) is 11.1 Å². The molecular weight excluding hydrogens is 395 g/mol. The highest BCUT2D eigenvalue weighted by Gasteiger charge is 2.19. The summed E-state index contributed by atoms with van der Waals surface area (Å²) in [5.41, 5.74) is 3.70. The first kappa shape index (κ1) is 20.2. The molecule has 1 unspecified atom stereocenters. The van der Waals surface area contributed by atoms with Crippen molar-refractivity contribution in [3.8, 4) is 17.1 Å². The van der Waals surface area contributed by atoms with E-state index >= 15 is 0 Å². The molecule has 0 bridgehead atoms. The Bertz CT molecular complexity index is 1200. The molecule has 0 radical (unpaired) electrons. The lowest BCUT2D eigenvalue weighted by atomic mass is 10.2. The summed E-state index contributed by atoms with van der Waals surface area (Å²) in [4.78, 5) is 1.23. The molecule has 3 aromatic carbocycles. The van der Waals surface area contributed by atoms with E-state index in [0.717, 1.165) is 17.8 Å². The molecule has 1 N–H and O–H groups in total. The van der Waals surface area contributed by atoms with Gasteiger partial charge in [-0.25, -0.2) is 4.39 Å². The number of benzene rings is 3. The molecule has 1 atom stereocenters. The molecule has 1 heterocycles. The molecule has 152 valence electrons. The Kier molecular flexibility index (Phi) is 5.88. The molecule has 0 aliphatic carbocycles. The van der Waals surface area contributed by atoms with Crippen molar-refractivity contribution in [2.24, 2.45) is 0 Å². The van der Waals surface area contributed by atoms with E-state index in [4.69, 9.17) is 17.3 Å². The third-order valence-corrected chi connectivity index (χ3v) is 5.41. The van der Waals surface area contributed by atoms with Gasteiger partial charge in [0.05, 0.1) is 12.6 Å². The molecule has 1 aromatic heterocycles. The van der Waals surface area contributed by atoms with Crippen LogP contribution in [0.2, 0.25) is 0 Å². The summed E-state index contributed by atoms with van der Waals surface area (Å²) >= 11 is 5.78. The van der Waals surface area contributed by atoms with Crippen molar-refractivity contribution >= 4 is 12.2 Å². The van der Waals surface area contributed by atoms with Crippen LogP contribution in [0.5, 0.6) is 0 Å². The van der Waals surface area contributed by atoms with E-state index in [9.17, 15) is 4.39 Å². The quantitative estimate of drug-likeness (QED) is 0.475. The molecule has 6 heteroatoms. The molecule has 0 spiro atoms. The zero-order valence-electron chi connectivity index (χ0n) is 17.0. The summed E-state index contributed by atoms with van der Waals surface area (Å²) in [6.45, 7) is 3.45. The van der Waals surface area contributed by atoms with Gasteiger partial charge in [0.15, 0.2) is 12.5 Å². The summed E-state index contributed by atoms with van der Waals surface area (Å²) < 4.78 is 18.8. The van der Waals surface area contributed by atoms with Crippen molar-refractivity contribution in [2.45, 2.75) is 20.1 Å². The van der Waals surface area contributed by atoms with E-state index in [1.165, 1.54) is 16.5 Å². The fourth-order valence-electron chi connectivity index (χ4n) is 3.51. The van der Waals surface area contributed by atoms with E-state index in [1.54, 1.807) is 16.8 Å². The number of hydrogen-bond acceptors (Lipinski definition) is 2. The van der Waals surface area contributed by atoms with Gasteiger partial charge in [0.1, 0.15) is 12.4 Å². The van der Waals surface area contributed by atoms with Gasteiger partial charge in [0.2, 0.25) is 4.77 Å². The van der Waals surface area contributed by atoms with E-state index < -0.39 is 0 Å². The standard InChI is InChI=1S/C24H23FN4S/c1-18-12-14-20(15-13-18)29-23(21-10-6-7-11-22(21)25)26-28(24(29)30)17-27(2)16-19-8-4-3-5-9-19/h3-15H,16-17H2,1-2H3/p+1. The minimum atomic E-state index is -0.317. The topological polar surface area (TPSA) is 27.2 Å². The molecule has 0 aliphatic heterocycles. The molecule has 0 saturated heterocycles. The Morgan fingerprint density at radius 3 is 2.30 bits per heavy atom. The summed E-state index contributed by atoms with van der Waals surface area (Å²) in [5, 5.41) is 4.74. The predicted molar refractivity (Wildman–Crippen MR) is 120 cm³/mol. The number of aromatic nitrogens is 3. The van der Waals surface area contributed by atoms with Crippen molar-refractivity contribution in [2.75, 3.05) is 7.05 Å². The first-order chi connectivity index (χ1) is 14.5. The Hall–Kier alpha value is -3.09. The fourth-order valence-corrected chi connectivity index (χ4v) is 3.81. The van der Waals surface area contributed by atoms with Gasteiger partial charge in [-0.15, -0.1) is 5.10 Å². The van der Waals surface area contributed by atoms with Gasteiger partial charge in [-0.05, 0) is 43.4 Å². The fraction of sp³-hybridized carbons (Fsp3) is 0.167. The van der Waals surface area contributed by atoms with Crippen molar-refractivity contribution in [1.29, 1.82) is 0 Å². The average Bonchev–Trinajstić information content (AvgIpc) is 3.05. The molecule has 4 rings (SSSR count). The normalized spacial score (nSPS) is 12.1.